The number of aryl methyl sites for hydroxylation is 1. The monoisotopic (exact) mass is 318 g/mol. The van der Waals surface area contributed by atoms with Crippen LogP contribution in [0.25, 0.3) is 0 Å². The van der Waals surface area contributed by atoms with Gasteiger partial charge < -0.3 is 20.1 Å². The molecule has 0 saturated carbocycles. The molecule has 0 spiro atoms. The first-order valence-corrected chi connectivity index (χ1v) is 8.57. The predicted molar refractivity (Wildman–Crippen MR) is 88.8 cm³/mol. The second-order valence-corrected chi connectivity index (χ2v) is 6.55. The maximum atomic E-state index is 12.5. The molecular weight excluding hydrogens is 292 g/mol. The van der Waals surface area contributed by atoms with Crippen LogP contribution in [0.3, 0.4) is 0 Å². The maximum absolute atomic E-state index is 12.5. The van der Waals surface area contributed by atoms with E-state index in [4.69, 9.17) is 15.2 Å². The third kappa shape index (κ3) is 3.96. The van der Waals surface area contributed by atoms with Crippen LogP contribution < -0.4 is 15.2 Å². The van der Waals surface area contributed by atoms with Gasteiger partial charge in [0.2, 0.25) is 5.91 Å². The fourth-order valence-electron chi connectivity index (χ4n) is 3.34. The lowest BCUT2D eigenvalue weighted by Crippen LogP contribution is -2.48. The van der Waals surface area contributed by atoms with E-state index in [9.17, 15) is 4.79 Å². The average molecular weight is 318 g/mol. The van der Waals surface area contributed by atoms with E-state index in [1.807, 2.05) is 23.1 Å². The van der Waals surface area contributed by atoms with Crippen LogP contribution in [-0.4, -0.2) is 42.6 Å². The number of hydrogen-bond acceptors (Lipinski definition) is 4. The van der Waals surface area contributed by atoms with Gasteiger partial charge in [0.1, 0.15) is 0 Å². The van der Waals surface area contributed by atoms with Crippen molar-refractivity contribution in [1.82, 2.24) is 4.90 Å². The zero-order valence-electron chi connectivity index (χ0n) is 13.8. The van der Waals surface area contributed by atoms with Crippen LogP contribution >= 0.6 is 0 Å². The number of nitrogens with two attached hydrogens (primary N) is 1. The molecule has 2 N–H and O–H groups in total. The quantitative estimate of drug-likeness (QED) is 0.927. The number of benzene rings is 1. The highest BCUT2D eigenvalue weighted by Gasteiger charge is 2.26. The van der Waals surface area contributed by atoms with E-state index < -0.39 is 0 Å². The molecule has 2 aliphatic heterocycles. The van der Waals surface area contributed by atoms with Crippen LogP contribution in [0.2, 0.25) is 0 Å². The molecule has 1 aromatic carbocycles. The van der Waals surface area contributed by atoms with E-state index in [1.165, 1.54) is 0 Å². The fourth-order valence-corrected chi connectivity index (χ4v) is 3.34. The van der Waals surface area contributed by atoms with Gasteiger partial charge in [-0.3, -0.25) is 4.79 Å². The van der Waals surface area contributed by atoms with Crippen LogP contribution in [0.1, 0.15) is 38.2 Å². The molecule has 1 fully saturated rings. The van der Waals surface area contributed by atoms with Gasteiger partial charge in [-0.25, -0.2) is 0 Å². The second kappa shape index (κ2) is 7.21. The lowest BCUT2D eigenvalue weighted by atomic mass is 9.98. The molecule has 0 aromatic heterocycles. The molecule has 1 saturated heterocycles. The average Bonchev–Trinajstić information content (AvgIpc) is 2.77. The van der Waals surface area contributed by atoms with Gasteiger partial charge in [0.25, 0.3) is 0 Å². The Kier molecular flexibility index (Phi) is 5.06. The van der Waals surface area contributed by atoms with Gasteiger partial charge in [-0.15, -0.1) is 0 Å². The van der Waals surface area contributed by atoms with Gasteiger partial charge in [0, 0.05) is 31.5 Å². The molecule has 2 aliphatic rings. The Balaban J connectivity index is 1.57. The van der Waals surface area contributed by atoms with E-state index in [0.29, 0.717) is 19.6 Å². The van der Waals surface area contributed by atoms with Crippen molar-refractivity contribution in [2.24, 2.45) is 5.73 Å². The highest BCUT2D eigenvalue weighted by molar-refractivity contribution is 5.77. The molecule has 3 rings (SSSR count). The number of ether oxygens (including phenoxy) is 2. The number of piperidine rings is 1. The number of carbonyl (C=O) groups excluding carboxylic acids is 1. The third-order valence-corrected chi connectivity index (χ3v) is 4.68. The molecule has 126 valence electrons. The van der Waals surface area contributed by atoms with Crippen LogP contribution in [0.5, 0.6) is 11.5 Å². The summed E-state index contributed by atoms with van der Waals surface area (Å²) in [4.78, 5) is 14.4. The van der Waals surface area contributed by atoms with Gasteiger partial charge in [-0.2, -0.15) is 0 Å². The molecule has 0 bridgehead atoms. The summed E-state index contributed by atoms with van der Waals surface area (Å²) in [7, 11) is 0. The molecule has 5 nitrogen and oxygen atoms in total. The number of amides is 1. The highest BCUT2D eigenvalue weighted by Crippen LogP contribution is 2.31. The zero-order chi connectivity index (χ0) is 16.2. The Labute approximate surface area is 137 Å². The highest BCUT2D eigenvalue weighted by atomic mass is 16.5. The van der Waals surface area contributed by atoms with Crippen LogP contribution in [0.15, 0.2) is 18.2 Å². The van der Waals surface area contributed by atoms with E-state index in [2.05, 4.69) is 6.92 Å². The fraction of sp³-hybridized carbons (Fsp3) is 0.611. The van der Waals surface area contributed by atoms with Gasteiger partial charge in [0.15, 0.2) is 11.5 Å². The number of likely N-dealkylation sites (tertiary alicyclic amines) is 1. The number of rotatable bonds is 3. The number of fused-ring (bicyclic) bond motifs is 1. The minimum absolute atomic E-state index is 0.219. The second-order valence-electron chi connectivity index (χ2n) is 6.55. The molecule has 2 heterocycles. The normalized spacial score (nSPS) is 24.2. The lowest BCUT2D eigenvalue weighted by molar-refractivity contribution is -0.134. The largest absolute Gasteiger partial charge is 0.490 e. The Morgan fingerprint density at radius 2 is 2.09 bits per heavy atom. The Hall–Kier alpha value is -1.75. The molecule has 0 radical (unpaired) electrons. The Morgan fingerprint density at radius 1 is 1.30 bits per heavy atom. The first kappa shape index (κ1) is 16.1. The zero-order valence-corrected chi connectivity index (χ0v) is 13.8. The number of hydrogen-bond donors (Lipinski definition) is 1. The molecule has 0 aliphatic carbocycles. The van der Waals surface area contributed by atoms with Crippen LogP contribution in [0, 0.1) is 0 Å². The summed E-state index contributed by atoms with van der Waals surface area (Å²) >= 11 is 0. The van der Waals surface area contributed by atoms with Crippen molar-refractivity contribution in [2.75, 3.05) is 19.8 Å². The molecular formula is C18H26N2O3. The SMILES string of the molecule is CC1CC(N)CCN1C(=O)CCc1ccc2c(c1)OCCCO2. The van der Waals surface area contributed by atoms with E-state index in [0.717, 1.165) is 49.3 Å². The first-order chi connectivity index (χ1) is 11.1. The van der Waals surface area contributed by atoms with Gasteiger partial charge in [0.05, 0.1) is 13.2 Å². The minimum Gasteiger partial charge on any atom is -0.490 e. The van der Waals surface area contributed by atoms with Crippen molar-refractivity contribution in [2.45, 2.75) is 51.1 Å². The van der Waals surface area contributed by atoms with Crippen molar-refractivity contribution in [3.8, 4) is 11.5 Å². The summed E-state index contributed by atoms with van der Waals surface area (Å²) in [6.07, 6.45) is 3.96. The molecule has 2 atom stereocenters. The smallest absolute Gasteiger partial charge is 0.223 e. The van der Waals surface area contributed by atoms with Crippen molar-refractivity contribution < 1.29 is 14.3 Å². The number of carbonyl (C=O) groups is 1. The third-order valence-electron chi connectivity index (χ3n) is 4.68. The van der Waals surface area contributed by atoms with E-state index >= 15 is 0 Å². The van der Waals surface area contributed by atoms with Crippen LogP contribution in [0.4, 0.5) is 0 Å². The maximum Gasteiger partial charge on any atom is 0.223 e. The molecule has 5 heteroatoms. The van der Waals surface area contributed by atoms with Gasteiger partial charge >= 0.3 is 0 Å². The summed E-state index contributed by atoms with van der Waals surface area (Å²) < 4.78 is 11.3. The van der Waals surface area contributed by atoms with Crippen LogP contribution in [-0.2, 0) is 11.2 Å². The van der Waals surface area contributed by atoms with Crippen molar-refractivity contribution in [3.05, 3.63) is 23.8 Å². The molecule has 1 aromatic rings. The molecule has 23 heavy (non-hydrogen) atoms. The molecule has 1 amide bonds. The lowest BCUT2D eigenvalue weighted by Gasteiger charge is -2.36. The summed E-state index contributed by atoms with van der Waals surface area (Å²) in [6.45, 7) is 4.24. The number of nitrogens with zero attached hydrogens (tertiary/aromatic N) is 1. The Morgan fingerprint density at radius 3 is 2.87 bits per heavy atom. The Bertz CT molecular complexity index is 561. The van der Waals surface area contributed by atoms with Crippen molar-refractivity contribution >= 4 is 5.91 Å². The standard InChI is InChI=1S/C18H26N2O3/c1-13-11-15(19)7-8-20(13)18(21)6-4-14-3-5-16-17(12-14)23-10-2-9-22-16/h3,5,12-13,15H,2,4,6-11,19H2,1H3. The van der Waals surface area contributed by atoms with Gasteiger partial charge in [-0.05, 0) is 43.9 Å². The minimum atomic E-state index is 0.219. The summed E-state index contributed by atoms with van der Waals surface area (Å²) in [6, 6.07) is 6.45. The topological polar surface area (TPSA) is 64.8 Å². The van der Waals surface area contributed by atoms with Gasteiger partial charge in [-0.1, -0.05) is 6.07 Å². The first-order valence-electron chi connectivity index (χ1n) is 8.57. The van der Waals surface area contributed by atoms with Crippen molar-refractivity contribution in [1.29, 1.82) is 0 Å². The summed E-state index contributed by atoms with van der Waals surface area (Å²) in [5.41, 5.74) is 7.08. The predicted octanol–water partition coefficient (Wildman–Crippen LogP) is 2.12. The van der Waals surface area contributed by atoms with E-state index in [1.54, 1.807) is 0 Å². The van der Waals surface area contributed by atoms with Crippen molar-refractivity contribution in [3.63, 3.8) is 0 Å². The summed E-state index contributed by atoms with van der Waals surface area (Å²) in [5, 5.41) is 0. The van der Waals surface area contributed by atoms with E-state index in [-0.39, 0.29) is 18.0 Å². The molecule has 2 unspecified atom stereocenters. The summed E-state index contributed by atoms with van der Waals surface area (Å²) in [5.74, 6) is 1.82.